The molecule has 0 aliphatic rings. The molecule has 0 saturated carbocycles. The third-order valence-corrected chi connectivity index (χ3v) is 3.44. The number of nitrogens with one attached hydrogen (secondary N) is 1. The molecule has 1 atom stereocenters. The Balaban J connectivity index is 1.98. The third kappa shape index (κ3) is 4.65. The molecule has 0 saturated heterocycles. The molecule has 2 aromatic rings. The van der Waals surface area contributed by atoms with Crippen LogP contribution in [0.5, 0.6) is 0 Å². The lowest BCUT2D eigenvalue weighted by atomic mass is 9.98. The molecule has 1 aromatic heterocycles. The van der Waals surface area contributed by atoms with Crippen LogP contribution in [-0.4, -0.2) is 15.9 Å². The molecule has 4 nitrogen and oxygen atoms in total. The van der Waals surface area contributed by atoms with Crippen molar-refractivity contribution in [3.05, 3.63) is 66.0 Å². The Morgan fingerprint density at radius 2 is 1.81 bits per heavy atom. The molecular formula is C16H17N3OS. The Morgan fingerprint density at radius 3 is 2.43 bits per heavy atom. The SMILES string of the molecule is NC(=S)C(Cc1ccccc1)C(=O)NCc1ccncc1. The van der Waals surface area contributed by atoms with E-state index in [-0.39, 0.29) is 10.9 Å². The fraction of sp³-hybridized carbons (Fsp3) is 0.188. The van der Waals surface area contributed by atoms with Gasteiger partial charge in [0.2, 0.25) is 5.91 Å². The van der Waals surface area contributed by atoms with Crippen LogP contribution >= 0.6 is 12.2 Å². The Kier molecular flexibility index (Phi) is 5.40. The number of pyridine rings is 1. The van der Waals surface area contributed by atoms with Gasteiger partial charge in [-0.05, 0) is 29.7 Å². The van der Waals surface area contributed by atoms with Gasteiger partial charge in [0.15, 0.2) is 0 Å². The highest BCUT2D eigenvalue weighted by Gasteiger charge is 2.21. The highest BCUT2D eigenvalue weighted by molar-refractivity contribution is 7.80. The van der Waals surface area contributed by atoms with E-state index in [0.717, 1.165) is 11.1 Å². The van der Waals surface area contributed by atoms with Crippen LogP contribution in [0.25, 0.3) is 0 Å². The first-order valence-corrected chi connectivity index (χ1v) is 7.07. The normalized spacial score (nSPS) is 11.6. The Bertz CT molecular complexity index is 601. The van der Waals surface area contributed by atoms with Crippen LogP contribution in [0.1, 0.15) is 11.1 Å². The largest absolute Gasteiger partial charge is 0.393 e. The predicted molar refractivity (Wildman–Crippen MR) is 86.5 cm³/mol. The maximum absolute atomic E-state index is 12.3. The molecule has 0 aliphatic carbocycles. The Hall–Kier alpha value is -2.27. The maximum atomic E-state index is 12.3. The molecule has 2 rings (SSSR count). The van der Waals surface area contributed by atoms with Crippen LogP contribution in [0.15, 0.2) is 54.9 Å². The van der Waals surface area contributed by atoms with E-state index in [4.69, 9.17) is 18.0 Å². The summed E-state index contributed by atoms with van der Waals surface area (Å²) in [7, 11) is 0. The number of aromatic nitrogens is 1. The fourth-order valence-electron chi connectivity index (χ4n) is 1.99. The van der Waals surface area contributed by atoms with Gasteiger partial charge in [0.25, 0.3) is 0 Å². The summed E-state index contributed by atoms with van der Waals surface area (Å²) in [6.07, 6.45) is 3.89. The summed E-state index contributed by atoms with van der Waals surface area (Å²) >= 11 is 5.03. The van der Waals surface area contributed by atoms with Crippen LogP contribution in [0.3, 0.4) is 0 Å². The molecule has 0 radical (unpaired) electrons. The molecule has 21 heavy (non-hydrogen) atoms. The van der Waals surface area contributed by atoms with Crippen molar-refractivity contribution in [2.24, 2.45) is 11.7 Å². The topological polar surface area (TPSA) is 68.0 Å². The van der Waals surface area contributed by atoms with Gasteiger partial charge < -0.3 is 11.1 Å². The van der Waals surface area contributed by atoms with Gasteiger partial charge in [-0.15, -0.1) is 0 Å². The van der Waals surface area contributed by atoms with Gasteiger partial charge in [-0.1, -0.05) is 42.5 Å². The van der Waals surface area contributed by atoms with Gasteiger partial charge >= 0.3 is 0 Å². The minimum absolute atomic E-state index is 0.150. The molecule has 5 heteroatoms. The fourth-order valence-corrected chi connectivity index (χ4v) is 2.18. The number of benzene rings is 1. The number of rotatable bonds is 6. The summed E-state index contributed by atoms with van der Waals surface area (Å²) in [5.41, 5.74) is 7.74. The van der Waals surface area contributed by atoms with Crippen molar-refractivity contribution in [2.75, 3.05) is 0 Å². The molecule has 0 fully saturated rings. The van der Waals surface area contributed by atoms with E-state index in [1.807, 2.05) is 42.5 Å². The van der Waals surface area contributed by atoms with Crippen molar-refractivity contribution in [1.29, 1.82) is 0 Å². The van der Waals surface area contributed by atoms with Gasteiger partial charge in [-0.3, -0.25) is 9.78 Å². The van der Waals surface area contributed by atoms with E-state index in [9.17, 15) is 4.79 Å². The Labute approximate surface area is 129 Å². The average molecular weight is 299 g/mol. The van der Waals surface area contributed by atoms with Crippen LogP contribution < -0.4 is 11.1 Å². The number of carbonyl (C=O) groups excluding carboxylic acids is 1. The summed E-state index contributed by atoms with van der Waals surface area (Å²) in [4.78, 5) is 16.4. The number of carbonyl (C=O) groups is 1. The first-order valence-electron chi connectivity index (χ1n) is 6.66. The predicted octanol–water partition coefficient (Wildman–Crippen LogP) is 1.84. The molecule has 0 spiro atoms. The Morgan fingerprint density at radius 1 is 1.14 bits per heavy atom. The van der Waals surface area contributed by atoms with Crippen molar-refractivity contribution in [3.63, 3.8) is 0 Å². The highest BCUT2D eigenvalue weighted by Crippen LogP contribution is 2.10. The molecule has 0 aliphatic heterocycles. The highest BCUT2D eigenvalue weighted by atomic mass is 32.1. The number of hydrogen-bond donors (Lipinski definition) is 2. The molecular weight excluding hydrogens is 282 g/mol. The summed E-state index contributed by atoms with van der Waals surface area (Å²) in [6.45, 7) is 0.440. The van der Waals surface area contributed by atoms with E-state index < -0.39 is 5.92 Å². The number of amides is 1. The molecule has 1 aromatic carbocycles. The zero-order valence-electron chi connectivity index (χ0n) is 11.5. The summed E-state index contributed by atoms with van der Waals surface area (Å²) in [5.74, 6) is -0.646. The zero-order chi connectivity index (χ0) is 15.1. The second kappa shape index (κ2) is 7.50. The quantitative estimate of drug-likeness (QED) is 0.799. The number of hydrogen-bond acceptors (Lipinski definition) is 3. The average Bonchev–Trinajstić information content (AvgIpc) is 2.52. The van der Waals surface area contributed by atoms with Crippen molar-refractivity contribution < 1.29 is 4.79 Å². The number of nitrogens with zero attached hydrogens (tertiary/aromatic N) is 1. The van der Waals surface area contributed by atoms with Crippen molar-refractivity contribution in [1.82, 2.24) is 10.3 Å². The minimum atomic E-state index is -0.496. The summed E-state index contributed by atoms with van der Waals surface area (Å²) in [5, 5.41) is 2.87. The first kappa shape index (κ1) is 15.1. The lowest BCUT2D eigenvalue weighted by molar-refractivity contribution is -0.123. The monoisotopic (exact) mass is 299 g/mol. The lowest BCUT2D eigenvalue weighted by Crippen LogP contribution is -2.38. The third-order valence-electron chi connectivity index (χ3n) is 3.16. The van der Waals surface area contributed by atoms with Gasteiger partial charge in [0.1, 0.15) is 0 Å². The van der Waals surface area contributed by atoms with E-state index in [1.165, 1.54) is 0 Å². The number of thiocarbonyl (C=S) groups is 1. The molecule has 1 unspecified atom stereocenters. The summed E-state index contributed by atoms with van der Waals surface area (Å²) in [6, 6.07) is 13.4. The van der Waals surface area contributed by atoms with Crippen LogP contribution in [-0.2, 0) is 17.8 Å². The maximum Gasteiger partial charge on any atom is 0.230 e. The standard InChI is InChI=1S/C16H17N3OS/c17-15(21)14(10-12-4-2-1-3-5-12)16(20)19-11-13-6-8-18-9-7-13/h1-9,14H,10-11H2,(H2,17,21)(H,19,20). The van der Waals surface area contributed by atoms with Crippen LogP contribution in [0.2, 0.25) is 0 Å². The number of nitrogens with two attached hydrogens (primary N) is 1. The second-order valence-corrected chi connectivity index (χ2v) is 5.19. The van der Waals surface area contributed by atoms with Gasteiger partial charge in [-0.25, -0.2) is 0 Å². The zero-order valence-corrected chi connectivity index (χ0v) is 12.3. The van der Waals surface area contributed by atoms with E-state index in [1.54, 1.807) is 12.4 Å². The smallest absolute Gasteiger partial charge is 0.230 e. The van der Waals surface area contributed by atoms with E-state index >= 15 is 0 Å². The van der Waals surface area contributed by atoms with Crippen LogP contribution in [0, 0.1) is 5.92 Å². The van der Waals surface area contributed by atoms with Crippen molar-refractivity contribution in [3.8, 4) is 0 Å². The van der Waals surface area contributed by atoms with Gasteiger partial charge in [0.05, 0.1) is 10.9 Å². The molecule has 3 N–H and O–H groups in total. The molecule has 108 valence electrons. The van der Waals surface area contributed by atoms with Crippen LogP contribution in [0.4, 0.5) is 0 Å². The van der Waals surface area contributed by atoms with Crippen molar-refractivity contribution in [2.45, 2.75) is 13.0 Å². The first-order chi connectivity index (χ1) is 10.2. The molecule has 1 amide bonds. The second-order valence-electron chi connectivity index (χ2n) is 4.72. The molecule has 1 heterocycles. The summed E-state index contributed by atoms with van der Waals surface area (Å²) < 4.78 is 0. The lowest BCUT2D eigenvalue weighted by Gasteiger charge is -2.15. The minimum Gasteiger partial charge on any atom is -0.393 e. The van der Waals surface area contributed by atoms with Crippen molar-refractivity contribution >= 4 is 23.1 Å². The molecule has 0 bridgehead atoms. The van der Waals surface area contributed by atoms with Gasteiger partial charge in [-0.2, -0.15) is 0 Å². The van der Waals surface area contributed by atoms with E-state index in [2.05, 4.69) is 10.3 Å². The van der Waals surface area contributed by atoms with Gasteiger partial charge in [0, 0.05) is 18.9 Å². The van der Waals surface area contributed by atoms with E-state index in [0.29, 0.717) is 13.0 Å².